The van der Waals surface area contributed by atoms with Crippen LogP contribution in [0.5, 0.6) is 0 Å². The minimum Gasteiger partial charge on any atom is -0.384 e. The molecule has 0 radical (unpaired) electrons. The van der Waals surface area contributed by atoms with Gasteiger partial charge in [-0.05, 0) is 18.2 Å². The van der Waals surface area contributed by atoms with Crippen LogP contribution in [0, 0.1) is 11.8 Å². The predicted octanol–water partition coefficient (Wildman–Crippen LogP) is 0.948. The number of benzene rings is 1. The highest BCUT2D eigenvalue weighted by Gasteiger charge is 2.06. The summed E-state index contributed by atoms with van der Waals surface area (Å²) >= 11 is 0. The molecule has 0 aliphatic heterocycles. The second-order valence-electron chi connectivity index (χ2n) is 3.70. The summed E-state index contributed by atoms with van der Waals surface area (Å²) in [6.45, 7) is 0.0767. The van der Waals surface area contributed by atoms with E-state index in [1.165, 1.54) is 6.20 Å². The Balaban J connectivity index is 2.02. The van der Waals surface area contributed by atoms with Crippen molar-refractivity contribution in [3.8, 4) is 11.8 Å². The van der Waals surface area contributed by atoms with Crippen molar-refractivity contribution in [1.82, 2.24) is 10.5 Å². The Bertz CT molecular complexity index is 609. The minimum atomic E-state index is -0.218. The maximum atomic E-state index is 11.9. The van der Waals surface area contributed by atoms with Crippen LogP contribution in [0.2, 0.25) is 0 Å². The first-order valence-electron chi connectivity index (χ1n) is 5.67. The predicted molar refractivity (Wildman–Crippen MR) is 68.1 cm³/mol. The molecule has 96 valence electrons. The summed E-state index contributed by atoms with van der Waals surface area (Å²) in [6.07, 6.45) is 1.52. The van der Waals surface area contributed by atoms with Crippen molar-refractivity contribution in [3.63, 3.8) is 0 Å². The molecule has 1 amide bonds. The number of aliphatic hydroxyl groups is 1. The van der Waals surface area contributed by atoms with Crippen LogP contribution in [-0.2, 0) is 6.54 Å². The number of rotatable bonds is 3. The molecule has 0 saturated carbocycles. The normalized spacial score (nSPS) is 9.53. The molecule has 19 heavy (non-hydrogen) atoms. The number of aliphatic hydroxyl groups excluding tert-OH is 1. The van der Waals surface area contributed by atoms with E-state index in [-0.39, 0.29) is 19.1 Å². The molecule has 5 nitrogen and oxygen atoms in total. The standard InChI is InChI=1S/C14H12N2O3/c17-8-2-4-11-3-1-5-12(9-11)14(18)15-10-13-6-7-16-19-13/h1,3,5-7,9,17H,8,10H2,(H,15,18). The quantitative estimate of drug-likeness (QED) is 0.802. The summed E-state index contributed by atoms with van der Waals surface area (Å²) in [6, 6.07) is 8.56. The van der Waals surface area contributed by atoms with Gasteiger partial charge in [-0.1, -0.05) is 23.1 Å². The largest absolute Gasteiger partial charge is 0.384 e. The van der Waals surface area contributed by atoms with Gasteiger partial charge in [-0.3, -0.25) is 4.79 Å². The van der Waals surface area contributed by atoms with Crippen LogP contribution in [-0.4, -0.2) is 22.8 Å². The van der Waals surface area contributed by atoms with Gasteiger partial charge in [0.15, 0.2) is 5.76 Å². The van der Waals surface area contributed by atoms with Gasteiger partial charge in [0.2, 0.25) is 0 Å². The zero-order chi connectivity index (χ0) is 13.5. The van der Waals surface area contributed by atoms with Crippen molar-refractivity contribution in [1.29, 1.82) is 0 Å². The second kappa shape index (κ2) is 6.38. The van der Waals surface area contributed by atoms with Gasteiger partial charge in [0.1, 0.15) is 6.61 Å². The third-order valence-corrected chi connectivity index (χ3v) is 2.35. The fourth-order valence-corrected chi connectivity index (χ4v) is 1.48. The molecule has 0 bridgehead atoms. The number of carbonyl (C=O) groups is 1. The second-order valence-corrected chi connectivity index (χ2v) is 3.70. The van der Waals surface area contributed by atoms with Crippen molar-refractivity contribution in [3.05, 3.63) is 53.4 Å². The molecule has 5 heteroatoms. The summed E-state index contributed by atoms with van der Waals surface area (Å²) in [5.74, 6) is 5.66. The van der Waals surface area contributed by atoms with Gasteiger partial charge < -0.3 is 14.9 Å². The van der Waals surface area contributed by atoms with Gasteiger partial charge in [-0.15, -0.1) is 0 Å². The van der Waals surface area contributed by atoms with E-state index in [9.17, 15) is 4.79 Å². The molecule has 1 heterocycles. The monoisotopic (exact) mass is 256 g/mol. The number of carbonyl (C=O) groups excluding carboxylic acids is 1. The van der Waals surface area contributed by atoms with Gasteiger partial charge in [0, 0.05) is 17.2 Å². The number of hydrogen-bond acceptors (Lipinski definition) is 4. The maximum absolute atomic E-state index is 11.9. The highest BCUT2D eigenvalue weighted by atomic mass is 16.5. The fourth-order valence-electron chi connectivity index (χ4n) is 1.48. The molecule has 0 aliphatic rings. The Labute approximate surface area is 110 Å². The van der Waals surface area contributed by atoms with Crippen LogP contribution in [0.3, 0.4) is 0 Å². The number of nitrogens with zero attached hydrogens (tertiary/aromatic N) is 1. The van der Waals surface area contributed by atoms with Gasteiger partial charge in [0.05, 0.1) is 12.7 Å². The highest BCUT2D eigenvalue weighted by molar-refractivity contribution is 5.94. The van der Waals surface area contributed by atoms with Crippen LogP contribution in [0.4, 0.5) is 0 Å². The zero-order valence-corrected chi connectivity index (χ0v) is 10.1. The average Bonchev–Trinajstić information content (AvgIpc) is 2.96. The van der Waals surface area contributed by atoms with Crippen molar-refractivity contribution in [2.24, 2.45) is 0 Å². The van der Waals surface area contributed by atoms with Gasteiger partial charge in [-0.25, -0.2) is 0 Å². The number of hydrogen-bond donors (Lipinski definition) is 2. The highest BCUT2D eigenvalue weighted by Crippen LogP contribution is 2.05. The Hall–Kier alpha value is -2.58. The van der Waals surface area contributed by atoms with Crippen molar-refractivity contribution in [2.45, 2.75) is 6.54 Å². The number of aromatic nitrogens is 1. The molecule has 0 saturated heterocycles. The number of amides is 1. The molecule has 1 aromatic carbocycles. The smallest absolute Gasteiger partial charge is 0.251 e. The lowest BCUT2D eigenvalue weighted by molar-refractivity contribution is 0.0947. The first-order chi connectivity index (χ1) is 9.29. The van der Waals surface area contributed by atoms with Crippen LogP contribution in [0.15, 0.2) is 41.1 Å². The summed E-state index contributed by atoms with van der Waals surface area (Å²) < 4.78 is 4.88. The average molecular weight is 256 g/mol. The van der Waals surface area contributed by atoms with Crippen LogP contribution < -0.4 is 5.32 Å². The van der Waals surface area contributed by atoms with E-state index >= 15 is 0 Å². The lowest BCUT2D eigenvalue weighted by atomic mass is 10.1. The first-order valence-corrected chi connectivity index (χ1v) is 5.67. The third-order valence-electron chi connectivity index (χ3n) is 2.35. The SMILES string of the molecule is O=C(NCc1ccno1)c1cccc(C#CCO)c1. The van der Waals surface area contributed by atoms with E-state index in [0.29, 0.717) is 16.9 Å². The fraction of sp³-hybridized carbons (Fsp3) is 0.143. The molecular weight excluding hydrogens is 244 g/mol. The molecule has 0 unspecified atom stereocenters. The molecule has 2 aromatic rings. The van der Waals surface area contributed by atoms with E-state index < -0.39 is 0 Å². The molecule has 0 spiro atoms. The Morgan fingerprint density at radius 1 is 1.42 bits per heavy atom. The molecule has 1 aromatic heterocycles. The Kier molecular flexibility index (Phi) is 4.32. The van der Waals surface area contributed by atoms with E-state index in [2.05, 4.69) is 22.3 Å². The van der Waals surface area contributed by atoms with Gasteiger partial charge in [-0.2, -0.15) is 0 Å². The molecule has 0 fully saturated rings. The lowest BCUT2D eigenvalue weighted by Gasteiger charge is -2.03. The Morgan fingerprint density at radius 3 is 3.05 bits per heavy atom. The maximum Gasteiger partial charge on any atom is 0.251 e. The van der Waals surface area contributed by atoms with E-state index in [1.54, 1.807) is 30.3 Å². The number of nitrogens with one attached hydrogen (secondary N) is 1. The summed E-state index contributed by atoms with van der Waals surface area (Å²) in [5, 5.41) is 14.9. The topological polar surface area (TPSA) is 75.4 Å². The van der Waals surface area contributed by atoms with Crippen molar-refractivity contribution in [2.75, 3.05) is 6.61 Å². The summed E-state index contributed by atoms with van der Waals surface area (Å²) in [4.78, 5) is 11.9. The Morgan fingerprint density at radius 2 is 2.32 bits per heavy atom. The first kappa shape index (κ1) is 12.9. The van der Waals surface area contributed by atoms with Gasteiger partial charge in [0.25, 0.3) is 5.91 Å². The summed E-state index contributed by atoms with van der Waals surface area (Å²) in [7, 11) is 0. The molecule has 2 rings (SSSR count). The van der Waals surface area contributed by atoms with E-state index in [0.717, 1.165) is 0 Å². The van der Waals surface area contributed by atoms with E-state index in [4.69, 9.17) is 9.63 Å². The lowest BCUT2D eigenvalue weighted by Crippen LogP contribution is -2.22. The van der Waals surface area contributed by atoms with Crippen LogP contribution >= 0.6 is 0 Å². The van der Waals surface area contributed by atoms with Gasteiger partial charge >= 0.3 is 0 Å². The van der Waals surface area contributed by atoms with Crippen molar-refractivity contribution >= 4 is 5.91 Å². The molecular formula is C14H12N2O3. The third kappa shape index (κ3) is 3.69. The van der Waals surface area contributed by atoms with E-state index in [1.807, 2.05) is 0 Å². The zero-order valence-electron chi connectivity index (χ0n) is 10.1. The van der Waals surface area contributed by atoms with Crippen molar-refractivity contribution < 1.29 is 14.4 Å². The molecule has 0 aliphatic carbocycles. The van der Waals surface area contributed by atoms with Crippen LogP contribution in [0.25, 0.3) is 0 Å². The minimum absolute atomic E-state index is 0.206. The van der Waals surface area contributed by atoms with Crippen LogP contribution in [0.1, 0.15) is 21.7 Å². The molecule has 0 atom stereocenters. The molecule has 2 N–H and O–H groups in total. The summed E-state index contributed by atoms with van der Waals surface area (Å²) in [5.41, 5.74) is 1.19.